The molecule has 0 aliphatic carbocycles. The number of rotatable bonds is 7. The SMILES string of the molecule is CC1(C)c2cc(CC(=O)NCCC[SiH3])ccc2N2CCOC21/C=C/c1ccc(F)cc1. The van der Waals surface area contributed by atoms with E-state index in [9.17, 15) is 9.18 Å². The molecule has 1 N–H and O–H groups in total. The molecular weight excluding hydrogens is 407 g/mol. The van der Waals surface area contributed by atoms with Crippen molar-refractivity contribution in [2.24, 2.45) is 0 Å². The molecule has 0 bridgehead atoms. The number of carbonyl (C=O) groups is 1. The van der Waals surface area contributed by atoms with Gasteiger partial charge in [0.05, 0.1) is 13.0 Å². The lowest BCUT2D eigenvalue weighted by atomic mass is 9.76. The van der Waals surface area contributed by atoms with Crippen LogP contribution in [0.4, 0.5) is 10.1 Å². The first-order valence-corrected chi connectivity index (χ1v) is 12.6. The lowest BCUT2D eigenvalue weighted by Gasteiger charge is -2.39. The standard InChI is InChI=1S/C25H31FN2O2Si/c1-24(2)21-16-19(17-23(29)27-12-3-15-31)6-9-22(21)28-13-14-30-25(24,28)11-10-18-4-7-20(26)8-5-18/h4-11,16H,3,12-15,17H2,1-2,31H3,(H,27,29)/b11-10+. The Labute approximate surface area is 186 Å². The van der Waals surface area contributed by atoms with Crippen LogP contribution in [0.2, 0.25) is 6.04 Å². The average molecular weight is 439 g/mol. The number of hydrogen-bond donors (Lipinski definition) is 1. The summed E-state index contributed by atoms with van der Waals surface area (Å²) in [6, 6.07) is 14.0. The lowest BCUT2D eigenvalue weighted by molar-refractivity contribution is -0.120. The summed E-state index contributed by atoms with van der Waals surface area (Å²) in [7, 11) is 1.18. The molecular formula is C25H31FN2O2Si. The minimum Gasteiger partial charge on any atom is -0.356 e. The molecule has 1 fully saturated rings. The molecule has 2 heterocycles. The van der Waals surface area contributed by atoms with Gasteiger partial charge in [-0.25, -0.2) is 4.39 Å². The second-order valence-electron chi connectivity index (χ2n) is 8.94. The zero-order valence-electron chi connectivity index (χ0n) is 18.6. The minimum absolute atomic E-state index is 0.0774. The van der Waals surface area contributed by atoms with Crippen molar-refractivity contribution in [1.82, 2.24) is 5.32 Å². The molecule has 0 saturated carbocycles. The van der Waals surface area contributed by atoms with Gasteiger partial charge < -0.3 is 15.0 Å². The Kier molecular flexibility index (Phi) is 6.04. The van der Waals surface area contributed by atoms with Crippen LogP contribution in [0.1, 0.15) is 37.0 Å². The predicted molar refractivity (Wildman–Crippen MR) is 127 cm³/mol. The quantitative estimate of drug-likeness (QED) is 0.533. The first kappa shape index (κ1) is 21.8. The second-order valence-corrected chi connectivity index (χ2v) is 9.94. The Hall–Kier alpha value is -2.44. The van der Waals surface area contributed by atoms with Crippen molar-refractivity contribution in [1.29, 1.82) is 0 Å². The van der Waals surface area contributed by atoms with Crippen molar-refractivity contribution >= 4 is 27.9 Å². The number of halogens is 1. The first-order chi connectivity index (χ1) is 14.9. The number of ether oxygens (including phenoxy) is 1. The Bertz CT molecular complexity index is 990. The van der Waals surface area contributed by atoms with Crippen molar-refractivity contribution in [3.8, 4) is 0 Å². The smallest absolute Gasteiger partial charge is 0.224 e. The van der Waals surface area contributed by atoms with E-state index in [0.717, 1.165) is 36.3 Å². The van der Waals surface area contributed by atoms with Gasteiger partial charge in [0.2, 0.25) is 5.91 Å². The highest BCUT2D eigenvalue weighted by molar-refractivity contribution is 6.08. The van der Waals surface area contributed by atoms with E-state index in [0.29, 0.717) is 13.0 Å². The van der Waals surface area contributed by atoms with Crippen LogP contribution in [0.15, 0.2) is 48.5 Å². The van der Waals surface area contributed by atoms with E-state index in [2.05, 4.69) is 48.3 Å². The minimum atomic E-state index is -0.602. The molecule has 2 aliphatic heterocycles. The van der Waals surface area contributed by atoms with Crippen molar-refractivity contribution < 1.29 is 13.9 Å². The number of amides is 1. The first-order valence-electron chi connectivity index (χ1n) is 11.1. The van der Waals surface area contributed by atoms with E-state index in [1.807, 2.05) is 6.08 Å². The number of carbonyl (C=O) groups excluding carboxylic acids is 1. The van der Waals surface area contributed by atoms with Crippen LogP contribution >= 0.6 is 0 Å². The number of hydrogen-bond acceptors (Lipinski definition) is 3. The molecule has 2 aromatic rings. The van der Waals surface area contributed by atoms with Crippen LogP contribution in [0, 0.1) is 5.82 Å². The highest BCUT2D eigenvalue weighted by Crippen LogP contribution is 2.55. The fourth-order valence-corrected chi connectivity index (χ4v) is 5.11. The molecule has 0 aromatic heterocycles. The normalized spacial score (nSPS) is 21.5. The Morgan fingerprint density at radius 3 is 2.77 bits per heavy atom. The molecule has 6 heteroatoms. The molecule has 31 heavy (non-hydrogen) atoms. The van der Waals surface area contributed by atoms with E-state index in [4.69, 9.17) is 4.74 Å². The highest BCUT2D eigenvalue weighted by Gasteiger charge is 2.59. The summed E-state index contributed by atoms with van der Waals surface area (Å²) in [4.78, 5) is 14.6. The summed E-state index contributed by atoms with van der Waals surface area (Å²) in [6.07, 6.45) is 5.57. The third-order valence-corrected chi connectivity index (χ3v) is 7.25. The van der Waals surface area contributed by atoms with Crippen molar-refractivity contribution in [2.75, 3.05) is 24.6 Å². The Morgan fingerprint density at radius 1 is 1.26 bits per heavy atom. The summed E-state index contributed by atoms with van der Waals surface area (Å²) in [6.45, 7) is 6.62. The van der Waals surface area contributed by atoms with E-state index < -0.39 is 5.72 Å². The fourth-order valence-electron chi connectivity index (χ4n) is 4.76. The van der Waals surface area contributed by atoms with Gasteiger partial charge in [-0.3, -0.25) is 4.79 Å². The van der Waals surface area contributed by atoms with Gasteiger partial charge in [0.15, 0.2) is 5.72 Å². The lowest BCUT2D eigenvalue weighted by Crippen LogP contribution is -2.51. The van der Waals surface area contributed by atoms with Crippen LogP contribution in [-0.2, 0) is 21.4 Å². The van der Waals surface area contributed by atoms with Gasteiger partial charge >= 0.3 is 0 Å². The van der Waals surface area contributed by atoms with E-state index in [-0.39, 0.29) is 17.1 Å². The van der Waals surface area contributed by atoms with Crippen molar-refractivity contribution in [3.05, 3.63) is 71.0 Å². The number of nitrogens with zero attached hydrogens (tertiary/aromatic N) is 1. The van der Waals surface area contributed by atoms with Gasteiger partial charge in [-0.05, 0) is 47.4 Å². The summed E-state index contributed by atoms with van der Waals surface area (Å²) >= 11 is 0. The predicted octanol–water partition coefficient (Wildman–Crippen LogP) is 3.20. The Balaban J connectivity index is 1.61. The third kappa shape index (κ3) is 3.94. The maximum atomic E-state index is 13.3. The zero-order valence-corrected chi connectivity index (χ0v) is 20.6. The fraction of sp³-hybridized carbons (Fsp3) is 0.400. The molecule has 1 unspecified atom stereocenters. The molecule has 0 spiro atoms. The summed E-state index contributed by atoms with van der Waals surface area (Å²) in [5.41, 5.74) is 3.40. The van der Waals surface area contributed by atoms with Gasteiger partial charge in [0.25, 0.3) is 0 Å². The molecule has 4 rings (SSSR count). The molecule has 164 valence electrons. The van der Waals surface area contributed by atoms with Gasteiger partial charge in [0, 0.05) is 34.4 Å². The third-order valence-electron chi connectivity index (χ3n) is 6.55. The maximum absolute atomic E-state index is 13.3. The van der Waals surface area contributed by atoms with Crippen LogP contribution < -0.4 is 10.2 Å². The monoisotopic (exact) mass is 438 g/mol. The van der Waals surface area contributed by atoms with Gasteiger partial charge in [-0.15, -0.1) is 0 Å². The Morgan fingerprint density at radius 2 is 2.03 bits per heavy atom. The van der Waals surface area contributed by atoms with E-state index >= 15 is 0 Å². The van der Waals surface area contributed by atoms with E-state index in [1.54, 1.807) is 12.1 Å². The van der Waals surface area contributed by atoms with Gasteiger partial charge in [-0.1, -0.05) is 50.2 Å². The molecule has 1 amide bonds. The molecule has 0 radical (unpaired) electrons. The maximum Gasteiger partial charge on any atom is 0.224 e. The largest absolute Gasteiger partial charge is 0.356 e. The average Bonchev–Trinajstić information content (AvgIpc) is 3.25. The molecule has 1 atom stereocenters. The van der Waals surface area contributed by atoms with Crippen LogP contribution in [-0.4, -0.2) is 41.6 Å². The van der Waals surface area contributed by atoms with Gasteiger partial charge in [-0.2, -0.15) is 0 Å². The van der Waals surface area contributed by atoms with Crippen molar-refractivity contribution in [3.63, 3.8) is 0 Å². The number of fused-ring (bicyclic) bond motifs is 3. The van der Waals surface area contributed by atoms with E-state index in [1.165, 1.54) is 34.0 Å². The molecule has 4 nitrogen and oxygen atoms in total. The van der Waals surface area contributed by atoms with Crippen molar-refractivity contribution in [2.45, 2.75) is 43.9 Å². The highest BCUT2D eigenvalue weighted by atomic mass is 28.1. The summed E-state index contributed by atoms with van der Waals surface area (Å²) < 4.78 is 19.7. The van der Waals surface area contributed by atoms with Crippen LogP contribution in [0.5, 0.6) is 0 Å². The summed E-state index contributed by atoms with van der Waals surface area (Å²) in [5, 5.41) is 3.02. The molecule has 2 aliphatic rings. The number of benzene rings is 2. The molecule has 1 saturated heterocycles. The molecule has 2 aromatic carbocycles. The summed E-state index contributed by atoms with van der Waals surface area (Å²) in [5.74, 6) is -0.163. The van der Waals surface area contributed by atoms with Crippen LogP contribution in [0.3, 0.4) is 0 Å². The number of nitrogens with one attached hydrogen (secondary N) is 1. The second kappa shape index (κ2) is 8.59. The van der Waals surface area contributed by atoms with Crippen LogP contribution in [0.25, 0.3) is 6.08 Å². The number of anilines is 1. The zero-order chi connectivity index (χ0) is 22.1. The topological polar surface area (TPSA) is 41.6 Å². The van der Waals surface area contributed by atoms with Gasteiger partial charge in [0.1, 0.15) is 5.82 Å².